The summed E-state index contributed by atoms with van der Waals surface area (Å²) in [5, 5.41) is 66.2. The van der Waals surface area contributed by atoms with Crippen LogP contribution in [0.3, 0.4) is 0 Å². The van der Waals surface area contributed by atoms with Crippen molar-refractivity contribution in [1.29, 1.82) is 0 Å². The van der Waals surface area contributed by atoms with Crippen LogP contribution in [0.5, 0.6) is 0 Å². The van der Waals surface area contributed by atoms with Crippen LogP contribution in [-0.2, 0) is 28.4 Å². The molecule has 17 nitrogen and oxygen atoms in total. The molecule has 0 aliphatic carbocycles. The maximum Gasteiger partial charge on any atom is 0.257 e. The molecule has 3 rings (SSSR count). The van der Waals surface area contributed by atoms with Crippen molar-refractivity contribution < 1.29 is 81.4 Å². The van der Waals surface area contributed by atoms with Crippen molar-refractivity contribution in [2.45, 2.75) is 69.2 Å². The number of amides is 1. The van der Waals surface area contributed by atoms with Gasteiger partial charge < -0.3 is 64.4 Å². The number of aliphatic hydroxyl groups is 6. The first-order valence-corrected chi connectivity index (χ1v) is 14.6. The van der Waals surface area contributed by atoms with Crippen LogP contribution in [0.4, 0.5) is 23.2 Å². The summed E-state index contributed by atoms with van der Waals surface area (Å²) in [4.78, 5) is 14.1. The number of carbonyl (C=O) groups excluding carboxylic acids is 1. The van der Waals surface area contributed by atoms with Gasteiger partial charge >= 0.3 is 0 Å². The maximum absolute atomic E-state index is 14.1. The molecule has 9 atom stereocenters. The number of nitrogens with zero attached hydrogens (tertiary/aromatic N) is 3. The first-order chi connectivity index (χ1) is 22.7. The second-order valence-corrected chi connectivity index (χ2v) is 11.3. The average molecular weight is 703 g/mol. The predicted octanol–water partition coefficient (Wildman–Crippen LogP) is -0.746. The summed E-state index contributed by atoms with van der Waals surface area (Å²) in [6.07, 6.45) is -13.0. The molecule has 2 saturated heterocycles. The first kappa shape index (κ1) is 39.7. The van der Waals surface area contributed by atoms with Gasteiger partial charge in [-0.1, -0.05) is 19.0 Å². The number of nitrogens with one attached hydrogen (secondary N) is 1. The lowest BCUT2D eigenvalue weighted by molar-refractivity contribution is -0.363. The molecule has 2 aliphatic rings. The lowest BCUT2D eigenvalue weighted by Gasteiger charge is -2.49. The Labute approximate surface area is 270 Å². The van der Waals surface area contributed by atoms with Gasteiger partial charge in [-0.2, -0.15) is 0 Å². The zero-order valence-corrected chi connectivity index (χ0v) is 25.7. The van der Waals surface area contributed by atoms with Crippen LogP contribution < -0.4 is 5.32 Å². The standard InChI is InChI=1S/C27H38F4N4O13/c1-27(2)12(10-37)47-26(21(40)23(27)41)48-22-11(9-36)46-25(20(39)19(22)38)45-8-7-44-6-5-43-4-3-33-24(42)13-14(28)16(30)18(34-35-32)17(31)15(13)29/h11-12,19-23,25-26,36-41H,3-10H2,1-2H3,(H,33,42)/t11?,12?,19?,20?,21?,22-,23?,25-,26+/m1/s1. The third-order valence-corrected chi connectivity index (χ3v) is 7.80. The quantitative estimate of drug-likeness (QED) is 0.0280. The van der Waals surface area contributed by atoms with Crippen LogP contribution in [0.15, 0.2) is 5.11 Å². The van der Waals surface area contributed by atoms with Crippen molar-refractivity contribution in [2.24, 2.45) is 10.5 Å². The van der Waals surface area contributed by atoms with Crippen LogP contribution in [0.25, 0.3) is 10.4 Å². The molecule has 2 heterocycles. The summed E-state index contributed by atoms with van der Waals surface area (Å²) < 4.78 is 88.4. The minimum absolute atomic E-state index is 0.00898. The number of ether oxygens (including phenoxy) is 6. The van der Waals surface area contributed by atoms with E-state index in [9.17, 15) is 53.0 Å². The van der Waals surface area contributed by atoms with Gasteiger partial charge in [-0.05, 0) is 5.53 Å². The third kappa shape index (κ3) is 8.87. The van der Waals surface area contributed by atoms with E-state index in [0.29, 0.717) is 0 Å². The Kier molecular flexibility index (Phi) is 14.7. The van der Waals surface area contributed by atoms with Gasteiger partial charge in [0.2, 0.25) is 0 Å². The fourth-order valence-electron chi connectivity index (χ4n) is 4.92. The van der Waals surface area contributed by atoms with Gasteiger partial charge in [0.15, 0.2) is 35.8 Å². The van der Waals surface area contributed by atoms with E-state index >= 15 is 0 Å². The van der Waals surface area contributed by atoms with Crippen molar-refractivity contribution in [3.05, 3.63) is 39.3 Å². The molecule has 6 unspecified atom stereocenters. The number of azide groups is 1. The lowest BCUT2D eigenvalue weighted by Crippen LogP contribution is -2.65. The lowest BCUT2D eigenvalue weighted by atomic mass is 9.76. The summed E-state index contributed by atoms with van der Waals surface area (Å²) in [5.41, 5.74) is 4.12. The van der Waals surface area contributed by atoms with Crippen LogP contribution in [0.1, 0.15) is 24.2 Å². The van der Waals surface area contributed by atoms with E-state index in [1.165, 1.54) is 0 Å². The SMILES string of the molecule is CC1(C)C(CO)O[C@@H](O[C@@H]2C(CO)O[C@@H](OCCOCCOCCNC(=O)c3c(F)c(F)c(N=[N+]=[N-])c(F)c3F)C(O)C2O)C(O)C1O. The Balaban J connectivity index is 1.36. The summed E-state index contributed by atoms with van der Waals surface area (Å²) in [5.74, 6) is -9.63. The molecule has 48 heavy (non-hydrogen) atoms. The maximum atomic E-state index is 14.1. The van der Waals surface area contributed by atoms with Crippen LogP contribution in [0, 0.1) is 28.7 Å². The van der Waals surface area contributed by atoms with Gasteiger partial charge in [0.1, 0.15) is 41.8 Å². The Bertz CT molecular complexity index is 1260. The Morgan fingerprint density at radius 2 is 1.48 bits per heavy atom. The topological polar surface area (TPSA) is 255 Å². The van der Waals surface area contributed by atoms with E-state index in [1.54, 1.807) is 13.8 Å². The highest BCUT2D eigenvalue weighted by molar-refractivity contribution is 5.95. The second kappa shape index (κ2) is 17.8. The summed E-state index contributed by atoms with van der Waals surface area (Å²) in [7, 11) is 0. The highest BCUT2D eigenvalue weighted by atomic mass is 19.2. The van der Waals surface area contributed by atoms with Gasteiger partial charge in [0, 0.05) is 16.9 Å². The predicted molar refractivity (Wildman–Crippen MR) is 149 cm³/mol. The van der Waals surface area contributed by atoms with Crippen molar-refractivity contribution in [1.82, 2.24) is 5.32 Å². The smallest absolute Gasteiger partial charge is 0.257 e. The molecule has 0 saturated carbocycles. The van der Waals surface area contributed by atoms with E-state index in [2.05, 4.69) is 10.0 Å². The molecule has 1 aromatic carbocycles. The van der Waals surface area contributed by atoms with Gasteiger partial charge in [-0.15, -0.1) is 0 Å². The van der Waals surface area contributed by atoms with E-state index in [4.69, 9.17) is 34.0 Å². The van der Waals surface area contributed by atoms with Crippen LogP contribution >= 0.6 is 0 Å². The number of rotatable bonds is 16. The normalized spacial score (nSPS) is 30.1. The monoisotopic (exact) mass is 702 g/mol. The van der Waals surface area contributed by atoms with Gasteiger partial charge in [-0.25, -0.2) is 17.6 Å². The Morgan fingerprint density at radius 1 is 0.875 bits per heavy atom. The average Bonchev–Trinajstić information content (AvgIpc) is 3.06. The molecule has 2 fully saturated rings. The summed E-state index contributed by atoms with van der Waals surface area (Å²) in [6.45, 7) is 1.15. The number of aliphatic hydroxyl groups excluding tert-OH is 6. The summed E-state index contributed by atoms with van der Waals surface area (Å²) in [6, 6.07) is 0. The molecule has 0 spiro atoms. The Morgan fingerprint density at radius 3 is 2.06 bits per heavy atom. The molecule has 1 amide bonds. The van der Waals surface area contributed by atoms with Gasteiger partial charge in [-0.3, -0.25) is 4.79 Å². The van der Waals surface area contributed by atoms with Gasteiger partial charge in [0.25, 0.3) is 5.91 Å². The first-order valence-electron chi connectivity index (χ1n) is 14.6. The van der Waals surface area contributed by atoms with Crippen molar-refractivity contribution in [3.8, 4) is 0 Å². The minimum atomic E-state index is -2.04. The third-order valence-electron chi connectivity index (χ3n) is 7.80. The second-order valence-electron chi connectivity index (χ2n) is 11.3. The number of hydrogen-bond donors (Lipinski definition) is 7. The van der Waals surface area contributed by atoms with Gasteiger partial charge in [0.05, 0.1) is 58.5 Å². The molecule has 1 aromatic rings. The van der Waals surface area contributed by atoms with E-state index < -0.39 is 114 Å². The molecular weight excluding hydrogens is 664 g/mol. The molecule has 0 bridgehead atoms. The molecular formula is C27H38F4N4O13. The molecule has 2 aliphatic heterocycles. The largest absolute Gasteiger partial charge is 0.394 e. The fourth-order valence-corrected chi connectivity index (χ4v) is 4.92. The number of benzene rings is 1. The fraction of sp³-hybridized carbons (Fsp3) is 0.741. The zero-order valence-electron chi connectivity index (χ0n) is 25.7. The molecule has 0 radical (unpaired) electrons. The van der Waals surface area contributed by atoms with Crippen LogP contribution in [0.2, 0.25) is 0 Å². The molecule has 21 heteroatoms. The number of halogens is 4. The van der Waals surface area contributed by atoms with E-state index in [0.717, 1.165) is 0 Å². The van der Waals surface area contributed by atoms with Crippen molar-refractivity contribution in [2.75, 3.05) is 52.8 Å². The molecule has 0 aromatic heterocycles. The number of carbonyl (C=O) groups is 1. The Hall–Kier alpha value is -2.76. The van der Waals surface area contributed by atoms with Crippen molar-refractivity contribution >= 4 is 11.6 Å². The summed E-state index contributed by atoms with van der Waals surface area (Å²) >= 11 is 0. The number of hydrogen-bond acceptors (Lipinski definition) is 14. The highest BCUT2D eigenvalue weighted by Crippen LogP contribution is 2.38. The molecule has 7 N–H and O–H groups in total. The molecule has 272 valence electrons. The minimum Gasteiger partial charge on any atom is -0.394 e. The van der Waals surface area contributed by atoms with Crippen LogP contribution in [-0.4, -0.2) is 145 Å². The van der Waals surface area contributed by atoms with E-state index in [1.807, 2.05) is 5.32 Å². The van der Waals surface area contributed by atoms with Crippen molar-refractivity contribution in [3.63, 3.8) is 0 Å². The highest BCUT2D eigenvalue weighted by Gasteiger charge is 2.53. The zero-order chi connectivity index (χ0) is 35.8. The van der Waals surface area contributed by atoms with E-state index in [-0.39, 0.29) is 39.6 Å².